The Labute approximate surface area is 142 Å². The van der Waals surface area contributed by atoms with E-state index in [0.717, 1.165) is 17.7 Å². The van der Waals surface area contributed by atoms with E-state index >= 15 is 4.39 Å². The lowest BCUT2D eigenvalue weighted by atomic mass is 9.93. The topological polar surface area (TPSA) is 66.5 Å². The van der Waals surface area contributed by atoms with E-state index in [9.17, 15) is 14.4 Å². The molecule has 0 aromatic heterocycles. The molecule has 1 atom stereocenters. The third-order valence-corrected chi connectivity index (χ3v) is 5.71. The SMILES string of the molecule is CSC1C(=O)Nc2ccc(N3C(=O)C4=C(CCCC4)C3=O)c(F)c21. The van der Waals surface area contributed by atoms with Crippen LogP contribution in [0.2, 0.25) is 0 Å². The molecule has 1 aromatic rings. The Balaban J connectivity index is 1.80. The van der Waals surface area contributed by atoms with Gasteiger partial charge in [0, 0.05) is 22.4 Å². The van der Waals surface area contributed by atoms with Crippen LogP contribution in [0.15, 0.2) is 23.3 Å². The van der Waals surface area contributed by atoms with Crippen LogP contribution in [0.4, 0.5) is 15.8 Å². The van der Waals surface area contributed by atoms with Gasteiger partial charge in [-0.25, -0.2) is 9.29 Å². The van der Waals surface area contributed by atoms with Crippen LogP contribution in [-0.2, 0) is 14.4 Å². The molecule has 3 aliphatic rings. The number of thioether (sulfide) groups is 1. The van der Waals surface area contributed by atoms with Crippen molar-refractivity contribution in [3.63, 3.8) is 0 Å². The molecule has 24 heavy (non-hydrogen) atoms. The molecule has 7 heteroatoms. The number of imide groups is 1. The van der Waals surface area contributed by atoms with Crippen molar-refractivity contribution < 1.29 is 18.8 Å². The van der Waals surface area contributed by atoms with Crippen LogP contribution < -0.4 is 10.2 Å². The van der Waals surface area contributed by atoms with Crippen LogP contribution in [0.5, 0.6) is 0 Å². The number of hydrogen-bond donors (Lipinski definition) is 1. The number of rotatable bonds is 2. The molecule has 3 amide bonds. The molecular formula is C17H15FN2O3S. The van der Waals surface area contributed by atoms with E-state index in [4.69, 9.17) is 0 Å². The van der Waals surface area contributed by atoms with Gasteiger partial charge in [0.1, 0.15) is 5.25 Å². The Hall–Kier alpha value is -2.15. The molecule has 4 rings (SSSR count). The van der Waals surface area contributed by atoms with E-state index in [2.05, 4.69) is 5.32 Å². The number of amides is 3. The Morgan fingerprint density at radius 2 is 1.75 bits per heavy atom. The molecule has 0 saturated carbocycles. The zero-order valence-electron chi connectivity index (χ0n) is 13.0. The van der Waals surface area contributed by atoms with Crippen LogP contribution in [-0.4, -0.2) is 24.0 Å². The zero-order chi connectivity index (χ0) is 17.0. The van der Waals surface area contributed by atoms with Crippen molar-refractivity contribution in [3.05, 3.63) is 34.7 Å². The molecule has 0 bridgehead atoms. The van der Waals surface area contributed by atoms with E-state index in [-0.39, 0.29) is 17.2 Å². The number of anilines is 2. The third kappa shape index (κ3) is 1.97. The van der Waals surface area contributed by atoms with E-state index < -0.39 is 22.9 Å². The van der Waals surface area contributed by atoms with Crippen LogP contribution >= 0.6 is 11.8 Å². The number of nitrogens with one attached hydrogen (secondary N) is 1. The molecule has 2 aliphatic heterocycles. The van der Waals surface area contributed by atoms with E-state index in [0.29, 0.717) is 29.7 Å². The first-order chi connectivity index (χ1) is 11.5. The van der Waals surface area contributed by atoms with Crippen LogP contribution in [0, 0.1) is 5.82 Å². The minimum Gasteiger partial charge on any atom is -0.324 e. The standard InChI is InChI=1S/C17H15FN2O3S/c1-24-14-12-10(19-15(14)21)6-7-11(13(12)18)20-16(22)8-4-2-3-5-9(8)17(20)23/h6-7,14H,2-5H2,1H3,(H,19,21). The summed E-state index contributed by atoms with van der Waals surface area (Å²) in [5.41, 5.74) is 1.59. The van der Waals surface area contributed by atoms with Gasteiger partial charge in [-0.15, -0.1) is 11.8 Å². The molecule has 0 radical (unpaired) electrons. The maximum Gasteiger partial charge on any atom is 0.261 e. The summed E-state index contributed by atoms with van der Waals surface area (Å²) < 4.78 is 15.1. The summed E-state index contributed by atoms with van der Waals surface area (Å²) in [5.74, 6) is -1.81. The van der Waals surface area contributed by atoms with Crippen LogP contribution in [0.25, 0.3) is 0 Å². The largest absolute Gasteiger partial charge is 0.324 e. The summed E-state index contributed by atoms with van der Waals surface area (Å²) >= 11 is 1.22. The summed E-state index contributed by atoms with van der Waals surface area (Å²) in [6.45, 7) is 0. The Morgan fingerprint density at radius 1 is 1.12 bits per heavy atom. The quantitative estimate of drug-likeness (QED) is 0.836. The first-order valence-electron chi connectivity index (χ1n) is 7.81. The van der Waals surface area contributed by atoms with Gasteiger partial charge in [-0.05, 0) is 44.1 Å². The highest BCUT2D eigenvalue weighted by Gasteiger charge is 2.42. The van der Waals surface area contributed by atoms with Gasteiger partial charge in [0.25, 0.3) is 11.8 Å². The second kappa shape index (κ2) is 5.44. The van der Waals surface area contributed by atoms with Gasteiger partial charge in [-0.1, -0.05) is 0 Å². The highest BCUT2D eigenvalue weighted by molar-refractivity contribution is 7.99. The zero-order valence-corrected chi connectivity index (χ0v) is 13.8. The van der Waals surface area contributed by atoms with Crippen molar-refractivity contribution in [1.29, 1.82) is 0 Å². The fourth-order valence-corrected chi connectivity index (χ4v) is 4.37. The Kier molecular flexibility index (Phi) is 3.49. The number of hydrogen-bond acceptors (Lipinski definition) is 4. The number of nitrogens with zero attached hydrogens (tertiary/aromatic N) is 1. The summed E-state index contributed by atoms with van der Waals surface area (Å²) in [4.78, 5) is 38.1. The van der Waals surface area contributed by atoms with Crippen molar-refractivity contribution in [1.82, 2.24) is 0 Å². The maximum absolute atomic E-state index is 15.1. The minimum absolute atomic E-state index is 0.0614. The molecule has 124 valence electrons. The van der Waals surface area contributed by atoms with Gasteiger partial charge in [0.05, 0.1) is 5.69 Å². The van der Waals surface area contributed by atoms with Crippen LogP contribution in [0.1, 0.15) is 36.5 Å². The second-order valence-electron chi connectivity index (χ2n) is 6.07. The van der Waals surface area contributed by atoms with Crippen LogP contribution in [0.3, 0.4) is 0 Å². The molecule has 1 aromatic carbocycles. The van der Waals surface area contributed by atoms with E-state index in [1.54, 1.807) is 12.3 Å². The summed E-state index contributed by atoms with van der Waals surface area (Å²) in [7, 11) is 0. The third-order valence-electron chi connectivity index (χ3n) is 4.78. The normalized spacial score (nSPS) is 22.8. The van der Waals surface area contributed by atoms with Gasteiger partial charge < -0.3 is 5.32 Å². The smallest absolute Gasteiger partial charge is 0.261 e. The van der Waals surface area contributed by atoms with Crippen molar-refractivity contribution in [3.8, 4) is 0 Å². The first kappa shape index (κ1) is 15.4. The maximum atomic E-state index is 15.1. The molecule has 1 unspecified atom stereocenters. The Bertz CT molecular complexity index is 805. The van der Waals surface area contributed by atoms with Crippen molar-refractivity contribution >= 4 is 40.9 Å². The lowest BCUT2D eigenvalue weighted by molar-refractivity contribution is -0.120. The lowest BCUT2D eigenvalue weighted by Crippen LogP contribution is -2.32. The fourth-order valence-electron chi connectivity index (χ4n) is 3.63. The van der Waals surface area contributed by atoms with Gasteiger partial charge in [0.15, 0.2) is 5.82 Å². The molecule has 1 aliphatic carbocycles. The number of carbonyl (C=O) groups is 3. The molecule has 0 spiro atoms. The van der Waals surface area contributed by atoms with E-state index in [1.807, 2.05) is 0 Å². The second-order valence-corrected chi connectivity index (χ2v) is 7.02. The molecule has 5 nitrogen and oxygen atoms in total. The molecule has 2 heterocycles. The number of carbonyl (C=O) groups excluding carboxylic acids is 3. The monoisotopic (exact) mass is 346 g/mol. The predicted molar refractivity (Wildman–Crippen MR) is 89.3 cm³/mol. The molecule has 1 N–H and O–H groups in total. The van der Waals surface area contributed by atoms with E-state index in [1.165, 1.54) is 17.8 Å². The summed E-state index contributed by atoms with van der Waals surface area (Å²) in [6, 6.07) is 2.95. The lowest BCUT2D eigenvalue weighted by Gasteiger charge is -2.18. The first-order valence-corrected chi connectivity index (χ1v) is 9.10. The van der Waals surface area contributed by atoms with Crippen molar-refractivity contribution in [2.45, 2.75) is 30.9 Å². The van der Waals surface area contributed by atoms with Gasteiger partial charge >= 0.3 is 0 Å². The summed E-state index contributed by atoms with van der Waals surface area (Å²) in [6.07, 6.45) is 4.58. The highest BCUT2D eigenvalue weighted by atomic mass is 32.2. The van der Waals surface area contributed by atoms with Gasteiger partial charge in [-0.2, -0.15) is 0 Å². The number of fused-ring (bicyclic) bond motifs is 1. The number of halogens is 1. The van der Waals surface area contributed by atoms with Gasteiger partial charge in [-0.3, -0.25) is 14.4 Å². The van der Waals surface area contributed by atoms with Crippen molar-refractivity contribution in [2.24, 2.45) is 0 Å². The molecule has 0 fully saturated rings. The van der Waals surface area contributed by atoms with Crippen molar-refractivity contribution in [2.75, 3.05) is 16.5 Å². The fraction of sp³-hybridized carbons (Fsp3) is 0.353. The molecule has 0 saturated heterocycles. The highest BCUT2D eigenvalue weighted by Crippen LogP contribution is 2.45. The average molecular weight is 346 g/mol. The Morgan fingerprint density at radius 3 is 2.33 bits per heavy atom. The number of benzene rings is 1. The predicted octanol–water partition coefficient (Wildman–Crippen LogP) is 2.93. The average Bonchev–Trinajstić information content (AvgIpc) is 3.04. The summed E-state index contributed by atoms with van der Waals surface area (Å²) in [5, 5.41) is 1.96. The van der Waals surface area contributed by atoms with Gasteiger partial charge in [0.2, 0.25) is 5.91 Å². The minimum atomic E-state index is -0.674. The molecular weight excluding hydrogens is 331 g/mol.